The van der Waals surface area contributed by atoms with Crippen LogP contribution in [0.1, 0.15) is 11.1 Å². The van der Waals surface area contributed by atoms with E-state index < -0.39 is 11.7 Å². The average molecular weight is 336 g/mol. The van der Waals surface area contributed by atoms with Crippen LogP contribution in [0.3, 0.4) is 0 Å². The zero-order valence-electron chi connectivity index (χ0n) is 11.8. The smallest absolute Gasteiger partial charge is 0.287 e. The maximum absolute atomic E-state index is 11.8. The van der Waals surface area contributed by atoms with Crippen molar-refractivity contribution in [2.75, 3.05) is 6.54 Å². The van der Waals surface area contributed by atoms with Gasteiger partial charge in [-0.1, -0.05) is 47.5 Å². The summed E-state index contributed by atoms with van der Waals surface area (Å²) in [6.07, 6.45) is 0.723. The zero-order valence-corrected chi connectivity index (χ0v) is 13.3. The van der Waals surface area contributed by atoms with E-state index >= 15 is 0 Å². The van der Waals surface area contributed by atoms with Crippen molar-refractivity contribution >= 4 is 34.9 Å². The second-order valence-electron chi connectivity index (χ2n) is 4.86. The zero-order chi connectivity index (χ0) is 15.9. The Balaban J connectivity index is 1.77. The van der Waals surface area contributed by atoms with E-state index in [4.69, 9.17) is 23.2 Å². The van der Waals surface area contributed by atoms with Crippen LogP contribution < -0.4 is 5.32 Å². The van der Waals surface area contributed by atoms with Gasteiger partial charge < -0.3 is 5.32 Å². The molecule has 1 N–H and O–H groups in total. The molecule has 0 unspecified atom stereocenters. The van der Waals surface area contributed by atoms with E-state index in [9.17, 15) is 9.59 Å². The molecule has 0 atom stereocenters. The molecule has 0 bridgehead atoms. The lowest BCUT2D eigenvalue weighted by atomic mass is 10.1. The van der Waals surface area contributed by atoms with Crippen molar-refractivity contribution < 1.29 is 9.59 Å². The highest BCUT2D eigenvalue weighted by Gasteiger charge is 2.13. The number of amides is 1. The number of nitrogens with one attached hydrogen (secondary N) is 1. The fraction of sp³-hybridized carbons (Fsp3) is 0.176. The Kier molecular flexibility index (Phi) is 5.99. The molecule has 2 aromatic carbocycles. The second kappa shape index (κ2) is 7.97. The van der Waals surface area contributed by atoms with Gasteiger partial charge in [0.1, 0.15) is 0 Å². The predicted molar refractivity (Wildman–Crippen MR) is 88.3 cm³/mol. The minimum Gasteiger partial charge on any atom is -0.349 e. The number of halogens is 2. The molecule has 5 heteroatoms. The van der Waals surface area contributed by atoms with Crippen molar-refractivity contribution in [3.05, 3.63) is 69.7 Å². The molecule has 0 fully saturated rings. The first-order valence-electron chi connectivity index (χ1n) is 6.84. The molecule has 1 amide bonds. The lowest BCUT2D eigenvalue weighted by Gasteiger charge is -2.05. The summed E-state index contributed by atoms with van der Waals surface area (Å²) in [7, 11) is 0. The van der Waals surface area contributed by atoms with E-state index in [-0.39, 0.29) is 6.42 Å². The summed E-state index contributed by atoms with van der Waals surface area (Å²) in [4.78, 5) is 23.6. The monoisotopic (exact) mass is 335 g/mol. The van der Waals surface area contributed by atoms with Gasteiger partial charge in [-0.3, -0.25) is 9.59 Å². The van der Waals surface area contributed by atoms with Crippen LogP contribution in [-0.4, -0.2) is 18.2 Å². The van der Waals surface area contributed by atoms with Gasteiger partial charge in [-0.25, -0.2) is 0 Å². The summed E-state index contributed by atoms with van der Waals surface area (Å²) < 4.78 is 0. The number of Topliss-reactive ketones (excluding diaryl/α,β-unsaturated/α-hetero) is 1. The van der Waals surface area contributed by atoms with Crippen molar-refractivity contribution in [2.24, 2.45) is 0 Å². The van der Waals surface area contributed by atoms with Crippen LogP contribution in [0.2, 0.25) is 10.0 Å². The fourth-order valence-electron chi connectivity index (χ4n) is 1.94. The molecular weight excluding hydrogens is 321 g/mol. The first-order valence-corrected chi connectivity index (χ1v) is 7.60. The molecule has 114 valence electrons. The molecule has 0 saturated carbocycles. The molecule has 2 rings (SSSR count). The predicted octanol–water partition coefficient (Wildman–Crippen LogP) is 3.46. The standard InChI is InChI=1S/C17H15Cl2NO2/c18-14-5-1-12(2-6-14)9-10-20-17(22)16(21)11-13-3-7-15(19)8-4-13/h1-8H,9-11H2,(H,20,22). The molecule has 0 radical (unpaired) electrons. The Labute approximate surface area is 139 Å². The van der Waals surface area contributed by atoms with E-state index in [2.05, 4.69) is 5.32 Å². The summed E-state index contributed by atoms with van der Waals surface area (Å²) in [5.74, 6) is -1.03. The molecule has 0 aliphatic heterocycles. The number of carbonyl (C=O) groups excluding carboxylic acids is 2. The van der Waals surface area contributed by atoms with E-state index in [1.807, 2.05) is 12.1 Å². The van der Waals surface area contributed by atoms with Crippen LogP contribution in [0.15, 0.2) is 48.5 Å². The van der Waals surface area contributed by atoms with Crippen molar-refractivity contribution in [1.29, 1.82) is 0 Å². The number of benzene rings is 2. The van der Waals surface area contributed by atoms with Crippen molar-refractivity contribution in [3.63, 3.8) is 0 Å². The molecule has 0 heterocycles. The van der Waals surface area contributed by atoms with Gasteiger partial charge in [-0.15, -0.1) is 0 Å². The van der Waals surface area contributed by atoms with E-state index in [1.54, 1.807) is 36.4 Å². The maximum Gasteiger partial charge on any atom is 0.287 e. The quantitative estimate of drug-likeness (QED) is 0.821. The minimum absolute atomic E-state index is 0.0734. The molecule has 0 saturated heterocycles. The summed E-state index contributed by atoms with van der Waals surface area (Å²) in [5.41, 5.74) is 1.82. The molecule has 0 spiro atoms. The molecular formula is C17H15Cl2NO2. The van der Waals surface area contributed by atoms with E-state index in [0.29, 0.717) is 23.0 Å². The highest BCUT2D eigenvalue weighted by atomic mass is 35.5. The molecule has 2 aromatic rings. The highest BCUT2D eigenvalue weighted by molar-refractivity contribution is 6.36. The molecule has 0 aliphatic carbocycles. The van der Waals surface area contributed by atoms with Crippen molar-refractivity contribution in [3.8, 4) is 0 Å². The largest absolute Gasteiger partial charge is 0.349 e. The van der Waals surface area contributed by atoms with Gasteiger partial charge in [0, 0.05) is 23.0 Å². The van der Waals surface area contributed by atoms with Crippen LogP contribution in [-0.2, 0) is 22.4 Å². The molecule has 0 aliphatic rings. The Morgan fingerprint density at radius 3 is 1.86 bits per heavy atom. The topological polar surface area (TPSA) is 46.2 Å². The van der Waals surface area contributed by atoms with Crippen LogP contribution >= 0.6 is 23.2 Å². The Hall–Kier alpha value is -1.84. The number of hydrogen-bond donors (Lipinski definition) is 1. The average Bonchev–Trinajstić information content (AvgIpc) is 2.51. The van der Waals surface area contributed by atoms with E-state index in [1.165, 1.54) is 0 Å². The minimum atomic E-state index is -0.566. The third kappa shape index (κ3) is 5.17. The Morgan fingerprint density at radius 1 is 0.818 bits per heavy atom. The van der Waals surface area contributed by atoms with Crippen LogP contribution in [0.4, 0.5) is 0 Å². The molecule has 22 heavy (non-hydrogen) atoms. The first-order chi connectivity index (χ1) is 10.5. The third-order valence-corrected chi connectivity index (χ3v) is 3.65. The van der Waals surface area contributed by atoms with Gasteiger partial charge in [0.25, 0.3) is 5.91 Å². The lowest BCUT2D eigenvalue weighted by Crippen LogP contribution is -2.33. The highest BCUT2D eigenvalue weighted by Crippen LogP contribution is 2.11. The normalized spacial score (nSPS) is 10.3. The molecule has 0 aromatic heterocycles. The van der Waals surface area contributed by atoms with Crippen molar-refractivity contribution in [2.45, 2.75) is 12.8 Å². The lowest BCUT2D eigenvalue weighted by molar-refractivity contribution is -0.137. The van der Waals surface area contributed by atoms with E-state index in [0.717, 1.165) is 11.1 Å². The van der Waals surface area contributed by atoms with Gasteiger partial charge in [0.15, 0.2) is 0 Å². The summed E-state index contributed by atoms with van der Waals surface area (Å²) >= 11 is 11.6. The third-order valence-electron chi connectivity index (χ3n) is 3.14. The van der Waals surface area contributed by atoms with Gasteiger partial charge in [0.05, 0.1) is 0 Å². The second-order valence-corrected chi connectivity index (χ2v) is 5.73. The number of carbonyl (C=O) groups is 2. The van der Waals surface area contributed by atoms with Crippen LogP contribution in [0.5, 0.6) is 0 Å². The molecule has 3 nitrogen and oxygen atoms in total. The number of hydrogen-bond acceptors (Lipinski definition) is 2. The fourth-order valence-corrected chi connectivity index (χ4v) is 2.19. The number of rotatable bonds is 6. The van der Waals surface area contributed by atoms with Crippen LogP contribution in [0, 0.1) is 0 Å². The maximum atomic E-state index is 11.8. The number of ketones is 1. The van der Waals surface area contributed by atoms with Gasteiger partial charge in [0.2, 0.25) is 5.78 Å². The summed E-state index contributed by atoms with van der Waals surface area (Å²) in [5, 5.41) is 3.90. The summed E-state index contributed by atoms with van der Waals surface area (Å²) in [6.45, 7) is 0.410. The Bertz CT molecular complexity index is 651. The first kappa shape index (κ1) is 16.5. The van der Waals surface area contributed by atoms with Gasteiger partial charge >= 0.3 is 0 Å². The van der Waals surface area contributed by atoms with Gasteiger partial charge in [-0.2, -0.15) is 0 Å². The van der Waals surface area contributed by atoms with Gasteiger partial charge in [-0.05, 0) is 41.8 Å². The summed E-state index contributed by atoms with van der Waals surface area (Å²) in [6, 6.07) is 14.2. The van der Waals surface area contributed by atoms with Crippen molar-refractivity contribution in [1.82, 2.24) is 5.32 Å². The SMILES string of the molecule is O=C(Cc1ccc(Cl)cc1)C(=O)NCCc1ccc(Cl)cc1. The van der Waals surface area contributed by atoms with Crippen LogP contribution in [0.25, 0.3) is 0 Å². The Morgan fingerprint density at radius 2 is 1.32 bits per heavy atom.